The third-order valence-electron chi connectivity index (χ3n) is 7.07. The summed E-state index contributed by atoms with van der Waals surface area (Å²) in [4.78, 5) is 14.4. The van der Waals surface area contributed by atoms with Crippen LogP contribution in [0.1, 0.15) is 18.9 Å². The molecular formula is C27H41N5O2Si. The standard InChI is InChI=1S/C27H41N5O2Si/c1-21-12-14-31(18-22-10-8-7-9-11-22)19-24(21)30(2)25-23-13-15-32(20-34-16-17-35(4,5)6)26(23)29-27(28-25)33-3/h7-11,13,15,21,24H,12,14,16-20H2,1-6H3. The zero-order valence-corrected chi connectivity index (χ0v) is 23.2. The molecule has 0 radical (unpaired) electrons. The molecule has 0 spiro atoms. The zero-order chi connectivity index (χ0) is 25.0. The van der Waals surface area contributed by atoms with Gasteiger partial charge in [-0.1, -0.05) is 56.9 Å². The van der Waals surface area contributed by atoms with Crippen LogP contribution in [0.15, 0.2) is 42.6 Å². The summed E-state index contributed by atoms with van der Waals surface area (Å²) in [7, 11) is 2.68. The fraction of sp³-hybridized carbons (Fsp3) is 0.556. The van der Waals surface area contributed by atoms with Crippen LogP contribution < -0.4 is 9.64 Å². The minimum Gasteiger partial charge on any atom is -0.467 e. The van der Waals surface area contributed by atoms with Gasteiger partial charge in [0.1, 0.15) is 12.5 Å². The molecule has 7 nitrogen and oxygen atoms in total. The van der Waals surface area contributed by atoms with Gasteiger partial charge in [-0.25, -0.2) is 0 Å². The maximum absolute atomic E-state index is 6.02. The number of nitrogens with zero attached hydrogens (tertiary/aromatic N) is 5. The lowest BCUT2D eigenvalue weighted by Crippen LogP contribution is -2.50. The minimum atomic E-state index is -1.12. The summed E-state index contributed by atoms with van der Waals surface area (Å²) in [5.74, 6) is 1.49. The predicted molar refractivity (Wildman–Crippen MR) is 146 cm³/mol. The van der Waals surface area contributed by atoms with Crippen molar-refractivity contribution >= 4 is 24.9 Å². The Morgan fingerprint density at radius 3 is 2.60 bits per heavy atom. The van der Waals surface area contributed by atoms with Crippen LogP contribution in [-0.2, 0) is 18.0 Å². The fourth-order valence-corrected chi connectivity index (χ4v) is 5.55. The number of likely N-dealkylation sites (tertiary alicyclic amines) is 1. The van der Waals surface area contributed by atoms with Gasteiger partial charge in [0.25, 0.3) is 0 Å². The average Bonchev–Trinajstić information content (AvgIpc) is 3.25. The molecule has 4 rings (SSSR count). The number of hydrogen-bond acceptors (Lipinski definition) is 6. The first-order valence-electron chi connectivity index (χ1n) is 12.7. The molecule has 1 aliphatic heterocycles. The van der Waals surface area contributed by atoms with E-state index in [1.54, 1.807) is 7.11 Å². The molecule has 1 aromatic carbocycles. The largest absolute Gasteiger partial charge is 0.467 e. The van der Waals surface area contributed by atoms with E-state index in [2.05, 4.69) is 95.6 Å². The van der Waals surface area contributed by atoms with Gasteiger partial charge in [-0.3, -0.25) is 4.90 Å². The summed E-state index contributed by atoms with van der Waals surface area (Å²) in [6, 6.07) is 14.8. The zero-order valence-electron chi connectivity index (χ0n) is 22.2. The molecule has 1 fully saturated rings. The number of benzene rings is 1. The van der Waals surface area contributed by atoms with Crippen molar-refractivity contribution in [2.24, 2.45) is 5.92 Å². The Hall–Kier alpha value is -2.42. The van der Waals surface area contributed by atoms with Crippen LogP contribution in [0.3, 0.4) is 0 Å². The van der Waals surface area contributed by atoms with Gasteiger partial charge in [0.2, 0.25) is 0 Å². The second-order valence-electron chi connectivity index (χ2n) is 11.1. The molecule has 0 bridgehead atoms. The summed E-state index contributed by atoms with van der Waals surface area (Å²) in [6.45, 7) is 13.8. The van der Waals surface area contributed by atoms with E-state index in [0.29, 0.717) is 24.7 Å². The van der Waals surface area contributed by atoms with E-state index in [1.807, 2.05) is 0 Å². The summed E-state index contributed by atoms with van der Waals surface area (Å²) in [5.41, 5.74) is 2.22. The molecule has 1 saturated heterocycles. The molecule has 3 aromatic rings. The monoisotopic (exact) mass is 495 g/mol. The fourth-order valence-electron chi connectivity index (χ4n) is 4.80. The number of anilines is 1. The third kappa shape index (κ3) is 6.42. The molecule has 0 saturated carbocycles. The number of fused-ring (bicyclic) bond motifs is 1. The van der Waals surface area contributed by atoms with Crippen LogP contribution in [0.5, 0.6) is 6.01 Å². The van der Waals surface area contributed by atoms with E-state index in [9.17, 15) is 0 Å². The van der Waals surface area contributed by atoms with Gasteiger partial charge in [-0.05, 0) is 36.6 Å². The Kier molecular flexibility index (Phi) is 8.14. The number of hydrogen-bond donors (Lipinski definition) is 0. The van der Waals surface area contributed by atoms with Crippen LogP contribution in [-0.4, -0.2) is 67.4 Å². The molecule has 0 amide bonds. The highest BCUT2D eigenvalue weighted by Gasteiger charge is 2.31. The maximum Gasteiger partial charge on any atom is 0.320 e. The first-order valence-corrected chi connectivity index (χ1v) is 16.4. The Morgan fingerprint density at radius 2 is 1.89 bits per heavy atom. The predicted octanol–water partition coefficient (Wildman–Crippen LogP) is 5.10. The molecule has 8 heteroatoms. The summed E-state index contributed by atoms with van der Waals surface area (Å²) < 4.78 is 13.6. The van der Waals surface area contributed by atoms with Crippen molar-refractivity contribution in [2.75, 3.05) is 38.8 Å². The van der Waals surface area contributed by atoms with E-state index in [4.69, 9.17) is 14.5 Å². The molecule has 1 aliphatic rings. The Morgan fingerprint density at radius 1 is 1.11 bits per heavy atom. The first-order chi connectivity index (χ1) is 16.7. The highest BCUT2D eigenvalue weighted by Crippen LogP contribution is 2.32. The van der Waals surface area contributed by atoms with Crippen LogP contribution >= 0.6 is 0 Å². The van der Waals surface area contributed by atoms with Crippen molar-refractivity contribution in [3.63, 3.8) is 0 Å². The summed E-state index contributed by atoms with van der Waals surface area (Å²) in [6.07, 6.45) is 3.22. The Bertz CT molecular complexity index is 1100. The molecule has 0 aliphatic carbocycles. The van der Waals surface area contributed by atoms with Crippen LogP contribution in [0.4, 0.5) is 5.82 Å². The molecular weight excluding hydrogens is 454 g/mol. The van der Waals surface area contributed by atoms with Crippen molar-refractivity contribution in [3.05, 3.63) is 48.2 Å². The first kappa shape index (κ1) is 25.7. The van der Waals surface area contributed by atoms with Gasteiger partial charge < -0.3 is 18.9 Å². The van der Waals surface area contributed by atoms with E-state index >= 15 is 0 Å². The normalized spacial score (nSPS) is 19.3. The lowest BCUT2D eigenvalue weighted by Gasteiger charge is -2.42. The average molecular weight is 496 g/mol. The van der Waals surface area contributed by atoms with Gasteiger partial charge in [-0.15, -0.1) is 0 Å². The van der Waals surface area contributed by atoms with E-state index in [1.165, 1.54) is 12.0 Å². The number of ether oxygens (including phenoxy) is 2. The van der Waals surface area contributed by atoms with Gasteiger partial charge in [-0.2, -0.15) is 9.97 Å². The second kappa shape index (κ2) is 11.1. The van der Waals surface area contributed by atoms with Gasteiger partial charge >= 0.3 is 6.01 Å². The van der Waals surface area contributed by atoms with Crippen molar-refractivity contribution in [3.8, 4) is 6.01 Å². The minimum absolute atomic E-state index is 0.353. The molecule has 190 valence electrons. The molecule has 0 N–H and O–H groups in total. The van der Waals surface area contributed by atoms with Crippen molar-refractivity contribution in [1.29, 1.82) is 0 Å². The van der Waals surface area contributed by atoms with E-state index in [0.717, 1.165) is 49.1 Å². The molecule has 2 aromatic heterocycles. The van der Waals surface area contributed by atoms with Gasteiger partial charge in [0, 0.05) is 47.1 Å². The van der Waals surface area contributed by atoms with Crippen LogP contribution in [0.25, 0.3) is 11.0 Å². The van der Waals surface area contributed by atoms with Gasteiger partial charge in [0.05, 0.1) is 12.5 Å². The maximum atomic E-state index is 6.02. The quantitative estimate of drug-likeness (QED) is 0.288. The van der Waals surface area contributed by atoms with Crippen LogP contribution in [0, 0.1) is 5.92 Å². The number of aromatic nitrogens is 3. The second-order valence-corrected chi connectivity index (χ2v) is 16.7. The molecule has 2 unspecified atom stereocenters. The molecule has 2 atom stereocenters. The summed E-state index contributed by atoms with van der Waals surface area (Å²) >= 11 is 0. The SMILES string of the molecule is COc1nc(N(C)C2CN(Cc3ccccc3)CCC2C)c2ccn(COCC[Si](C)(C)C)c2n1. The smallest absolute Gasteiger partial charge is 0.320 e. The van der Waals surface area contributed by atoms with Crippen molar-refractivity contribution in [1.82, 2.24) is 19.4 Å². The van der Waals surface area contributed by atoms with E-state index < -0.39 is 8.07 Å². The Balaban J connectivity index is 1.53. The molecule has 3 heterocycles. The Labute approximate surface area is 211 Å². The lowest BCUT2D eigenvalue weighted by molar-refractivity contribution is 0.0898. The van der Waals surface area contributed by atoms with Gasteiger partial charge in [0.15, 0.2) is 5.65 Å². The van der Waals surface area contributed by atoms with E-state index in [-0.39, 0.29) is 0 Å². The third-order valence-corrected chi connectivity index (χ3v) is 8.77. The van der Waals surface area contributed by atoms with Crippen molar-refractivity contribution < 1.29 is 9.47 Å². The molecule has 35 heavy (non-hydrogen) atoms. The summed E-state index contributed by atoms with van der Waals surface area (Å²) in [5, 5.41) is 1.04. The highest BCUT2D eigenvalue weighted by atomic mass is 28.3. The van der Waals surface area contributed by atoms with Crippen LogP contribution in [0.2, 0.25) is 25.7 Å². The lowest BCUT2D eigenvalue weighted by atomic mass is 9.92. The number of likely N-dealkylation sites (N-methyl/N-ethyl adjacent to an activating group) is 1. The highest BCUT2D eigenvalue weighted by molar-refractivity contribution is 6.76. The number of rotatable bonds is 10. The number of piperidine rings is 1. The number of methoxy groups -OCH3 is 1. The van der Waals surface area contributed by atoms with Crippen molar-refractivity contribution in [2.45, 2.75) is 58.3 Å². The topological polar surface area (TPSA) is 55.7 Å².